The topological polar surface area (TPSA) is 60.4 Å². The van der Waals surface area contributed by atoms with Crippen LogP contribution >= 0.6 is 0 Å². The van der Waals surface area contributed by atoms with Crippen LogP contribution in [-0.4, -0.2) is 11.6 Å². The number of Topliss-reactive ketones (excluding diaryl/α,β-unsaturated/α-hetero) is 2. The lowest BCUT2D eigenvalue weighted by Crippen LogP contribution is -2.09. The fourth-order valence-electron chi connectivity index (χ4n) is 3.31. The maximum atomic E-state index is 12.1. The minimum absolute atomic E-state index is 0.00224. The van der Waals surface area contributed by atoms with E-state index in [-0.39, 0.29) is 18.0 Å². The van der Waals surface area contributed by atoms with E-state index in [1.54, 1.807) is 12.5 Å². The van der Waals surface area contributed by atoms with Crippen molar-refractivity contribution in [3.63, 3.8) is 0 Å². The molecule has 4 heteroatoms. The molecular formula is C23H20O4. The van der Waals surface area contributed by atoms with E-state index in [4.69, 9.17) is 8.83 Å². The molecule has 0 aliphatic heterocycles. The molecule has 0 aliphatic rings. The van der Waals surface area contributed by atoms with Crippen molar-refractivity contribution in [3.8, 4) is 0 Å². The summed E-state index contributed by atoms with van der Waals surface area (Å²) in [6.07, 6.45) is 5.38. The smallest absolute Gasteiger partial charge is 0.140 e. The number of rotatable bonds is 8. The number of carbonyl (C=O) groups excluding carboxylic acids is 2. The lowest BCUT2D eigenvalue weighted by atomic mass is 10.0. The van der Waals surface area contributed by atoms with Crippen molar-refractivity contribution in [3.05, 3.63) is 72.2 Å². The van der Waals surface area contributed by atoms with Gasteiger partial charge in [-0.05, 0) is 60.4 Å². The summed E-state index contributed by atoms with van der Waals surface area (Å²) in [6.45, 7) is 0. The molecule has 0 bridgehead atoms. The zero-order valence-corrected chi connectivity index (χ0v) is 14.9. The first-order chi connectivity index (χ1) is 13.2. The molecule has 27 heavy (non-hydrogen) atoms. The largest absolute Gasteiger partial charge is 0.464 e. The summed E-state index contributed by atoms with van der Waals surface area (Å²) in [5, 5.41) is 2.07. The number of hydrogen-bond donors (Lipinski definition) is 0. The highest BCUT2D eigenvalue weighted by Crippen LogP contribution is 2.19. The van der Waals surface area contributed by atoms with Crippen LogP contribution in [0.25, 0.3) is 21.9 Å². The summed E-state index contributed by atoms with van der Waals surface area (Å²) in [6, 6.07) is 15.6. The summed E-state index contributed by atoms with van der Waals surface area (Å²) in [4.78, 5) is 24.3. The summed E-state index contributed by atoms with van der Waals surface area (Å²) in [5.74, 6) is -0.00449. The third kappa shape index (κ3) is 4.17. The Kier molecular flexibility index (Phi) is 4.88. The van der Waals surface area contributed by atoms with Gasteiger partial charge in [0.2, 0.25) is 0 Å². The third-order valence-corrected chi connectivity index (χ3v) is 4.81. The van der Waals surface area contributed by atoms with Gasteiger partial charge >= 0.3 is 0 Å². The molecule has 0 N–H and O–H groups in total. The molecule has 4 rings (SSSR count). The number of fused-ring (bicyclic) bond motifs is 2. The predicted molar refractivity (Wildman–Crippen MR) is 104 cm³/mol. The lowest BCUT2D eigenvalue weighted by molar-refractivity contribution is -0.126. The van der Waals surface area contributed by atoms with Crippen LogP contribution in [0, 0.1) is 0 Å². The van der Waals surface area contributed by atoms with Gasteiger partial charge in [-0.2, -0.15) is 0 Å². The van der Waals surface area contributed by atoms with Crippen molar-refractivity contribution in [2.45, 2.75) is 32.1 Å². The molecule has 0 radical (unpaired) electrons. The van der Waals surface area contributed by atoms with E-state index in [1.165, 1.54) is 0 Å². The zero-order chi connectivity index (χ0) is 18.6. The highest BCUT2D eigenvalue weighted by Gasteiger charge is 2.11. The van der Waals surface area contributed by atoms with Gasteiger partial charge in [-0.3, -0.25) is 9.59 Å². The van der Waals surface area contributed by atoms with Crippen LogP contribution < -0.4 is 0 Å². The van der Waals surface area contributed by atoms with Crippen molar-refractivity contribution in [2.24, 2.45) is 0 Å². The molecule has 4 nitrogen and oxygen atoms in total. The van der Waals surface area contributed by atoms with Crippen molar-refractivity contribution < 1.29 is 18.4 Å². The fraction of sp³-hybridized carbons (Fsp3) is 0.217. The first-order valence-electron chi connectivity index (χ1n) is 9.13. The lowest BCUT2D eigenvalue weighted by Gasteiger charge is -2.03. The number of ketones is 2. The number of benzene rings is 2. The van der Waals surface area contributed by atoms with Gasteiger partial charge in [0.1, 0.15) is 22.7 Å². The van der Waals surface area contributed by atoms with Crippen LogP contribution in [0.3, 0.4) is 0 Å². The molecule has 0 fully saturated rings. The predicted octanol–water partition coefficient (Wildman–Crippen LogP) is 5.27. The van der Waals surface area contributed by atoms with E-state index >= 15 is 0 Å². The molecule has 4 aromatic rings. The van der Waals surface area contributed by atoms with Crippen LogP contribution in [0.1, 0.15) is 30.4 Å². The van der Waals surface area contributed by atoms with Gasteiger partial charge < -0.3 is 8.83 Å². The maximum Gasteiger partial charge on any atom is 0.140 e. The molecule has 136 valence electrons. The van der Waals surface area contributed by atoms with Gasteiger partial charge in [0, 0.05) is 23.6 Å². The molecule has 0 amide bonds. The Labute approximate surface area is 156 Å². The Morgan fingerprint density at radius 3 is 1.63 bits per heavy atom. The second kappa shape index (κ2) is 7.62. The van der Waals surface area contributed by atoms with Crippen LogP contribution in [0.4, 0.5) is 0 Å². The third-order valence-electron chi connectivity index (χ3n) is 4.81. The molecule has 0 atom stereocenters. The fourth-order valence-corrected chi connectivity index (χ4v) is 3.31. The van der Waals surface area contributed by atoms with Crippen LogP contribution in [0.5, 0.6) is 0 Å². The molecule has 0 saturated heterocycles. The van der Waals surface area contributed by atoms with Crippen molar-refractivity contribution >= 4 is 33.5 Å². The van der Waals surface area contributed by atoms with Crippen LogP contribution in [0.2, 0.25) is 0 Å². The summed E-state index contributed by atoms with van der Waals surface area (Å²) in [7, 11) is 0. The molecule has 0 unspecified atom stereocenters. The minimum atomic E-state index is -0.00224. The van der Waals surface area contributed by atoms with Gasteiger partial charge in [-0.25, -0.2) is 0 Å². The Balaban J connectivity index is 1.25. The van der Waals surface area contributed by atoms with E-state index < -0.39 is 0 Å². The van der Waals surface area contributed by atoms with Gasteiger partial charge in [0.25, 0.3) is 0 Å². The van der Waals surface area contributed by atoms with Crippen molar-refractivity contribution in [1.29, 1.82) is 0 Å². The highest BCUT2D eigenvalue weighted by molar-refractivity contribution is 5.99. The van der Waals surface area contributed by atoms with Gasteiger partial charge in [-0.15, -0.1) is 0 Å². The zero-order valence-electron chi connectivity index (χ0n) is 14.9. The number of aryl methyl sites for hydroxylation is 2. The molecule has 2 aromatic heterocycles. The highest BCUT2D eigenvalue weighted by atomic mass is 16.3. The number of furan rings is 2. The molecule has 2 heterocycles. The quantitative estimate of drug-likeness (QED) is 0.402. The Hall–Kier alpha value is -3.14. The summed E-state index contributed by atoms with van der Waals surface area (Å²) < 4.78 is 10.6. The second-order valence-electron chi connectivity index (χ2n) is 6.84. The normalized spacial score (nSPS) is 11.3. The van der Waals surface area contributed by atoms with Gasteiger partial charge in [0.15, 0.2) is 0 Å². The van der Waals surface area contributed by atoms with E-state index in [2.05, 4.69) is 0 Å². The summed E-state index contributed by atoms with van der Waals surface area (Å²) in [5.41, 5.74) is 3.85. The van der Waals surface area contributed by atoms with Gasteiger partial charge in [0.05, 0.1) is 18.9 Å². The van der Waals surface area contributed by atoms with E-state index in [0.717, 1.165) is 33.1 Å². The average Bonchev–Trinajstić information content (AvgIpc) is 3.32. The van der Waals surface area contributed by atoms with E-state index in [9.17, 15) is 9.59 Å². The molecule has 0 saturated carbocycles. The number of hydrogen-bond acceptors (Lipinski definition) is 4. The van der Waals surface area contributed by atoms with Crippen molar-refractivity contribution in [1.82, 2.24) is 0 Å². The van der Waals surface area contributed by atoms with E-state index in [1.807, 2.05) is 48.5 Å². The first kappa shape index (κ1) is 17.3. The maximum absolute atomic E-state index is 12.1. The van der Waals surface area contributed by atoms with Gasteiger partial charge in [-0.1, -0.05) is 12.1 Å². The Morgan fingerprint density at radius 2 is 1.15 bits per heavy atom. The van der Waals surface area contributed by atoms with E-state index in [0.29, 0.717) is 25.7 Å². The molecule has 0 aliphatic carbocycles. The standard InChI is InChI=1S/C23H20O4/c24-20(5-1-16-3-7-22-18(13-16)9-11-26-22)15-21(25)6-2-17-4-8-23-19(14-17)10-12-27-23/h3-4,7-14H,1-2,5-6,15H2. The molecule has 2 aromatic carbocycles. The second-order valence-corrected chi connectivity index (χ2v) is 6.84. The minimum Gasteiger partial charge on any atom is -0.464 e. The van der Waals surface area contributed by atoms with Crippen molar-refractivity contribution in [2.75, 3.05) is 0 Å². The Morgan fingerprint density at radius 1 is 0.667 bits per heavy atom. The van der Waals surface area contributed by atoms with Crippen LogP contribution in [0.15, 0.2) is 69.9 Å². The summed E-state index contributed by atoms with van der Waals surface area (Å²) >= 11 is 0. The van der Waals surface area contributed by atoms with Crippen LogP contribution in [-0.2, 0) is 22.4 Å². The Bertz CT molecular complexity index is 1010. The monoisotopic (exact) mass is 360 g/mol. The molecule has 0 spiro atoms. The SMILES string of the molecule is O=C(CCc1ccc2occc2c1)CC(=O)CCc1ccc2occc2c1. The average molecular weight is 360 g/mol. The molecular weight excluding hydrogens is 340 g/mol. The first-order valence-corrected chi connectivity index (χ1v) is 9.13. The number of carbonyl (C=O) groups is 2.